The molecule has 1 aromatic heterocycles. The van der Waals surface area contributed by atoms with Gasteiger partial charge in [-0.05, 0) is 30.3 Å². The number of halogens is 1. The van der Waals surface area contributed by atoms with Gasteiger partial charge in [0.15, 0.2) is 11.5 Å². The number of nitrogens with one attached hydrogen (secondary N) is 3. The highest BCUT2D eigenvalue weighted by molar-refractivity contribution is 6.30. The van der Waals surface area contributed by atoms with Crippen LogP contribution >= 0.6 is 11.6 Å². The van der Waals surface area contributed by atoms with E-state index in [1.165, 1.54) is 0 Å². The number of aromatic amines is 1. The molecule has 28 heavy (non-hydrogen) atoms. The summed E-state index contributed by atoms with van der Waals surface area (Å²) in [6.07, 6.45) is -0.876. The van der Waals surface area contributed by atoms with Crippen molar-refractivity contribution in [1.29, 1.82) is 0 Å². The van der Waals surface area contributed by atoms with Crippen molar-refractivity contribution in [1.82, 2.24) is 21.0 Å². The van der Waals surface area contributed by atoms with Gasteiger partial charge >= 0.3 is 0 Å². The first kappa shape index (κ1) is 17.9. The Bertz CT molecular complexity index is 1040. The van der Waals surface area contributed by atoms with Crippen molar-refractivity contribution in [2.75, 3.05) is 6.61 Å². The van der Waals surface area contributed by atoms with E-state index in [0.29, 0.717) is 22.2 Å². The second kappa shape index (κ2) is 7.61. The van der Waals surface area contributed by atoms with Crippen LogP contribution in [0, 0.1) is 0 Å². The van der Waals surface area contributed by atoms with Gasteiger partial charge in [-0.1, -0.05) is 35.9 Å². The lowest BCUT2D eigenvalue weighted by molar-refractivity contribution is -0.131. The van der Waals surface area contributed by atoms with Crippen LogP contribution < -0.4 is 20.3 Å². The molecule has 1 aliphatic heterocycles. The summed E-state index contributed by atoms with van der Waals surface area (Å²) in [7, 11) is 0. The van der Waals surface area contributed by atoms with Crippen molar-refractivity contribution >= 4 is 23.4 Å². The standard InChI is InChI=1S/C19H15ClN4O4/c20-12-5-3-4-11(8-12)13-9-14(22-21-13)18(25)23-24-19(26)17-10-27-15-6-1-2-7-16(15)28-17/h1-9,17H,10H2,(H,21,22)(H,23,25)(H,24,26). The number of hydrogen-bond acceptors (Lipinski definition) is 5. The minimum atomic E-state index is -0.876. The van der Waals surface area contributed by atoms with Crippen molar-refractivity contribution in [3.63, 3.8) is 0 Å². The predicted octanol–water partition coefficient (Wildman–Crippen LogP) is 2.33. The number of nitrogens with zero attached hydrogens (tertiary/aromatic N) is 1. The molecule has 0 aliphatic carbocycles. The van der Waals surface area contributed by atoms with Crippen LogP contribution in [0.15, 0.2) is 54.6 Å². The Hall–Kier alpha value is -3.52. The van der Waals surface area contributed by atoms with E-state index < -0.39 is 17.9 Å². The lowest BCUT2D eigenvalue weighted by Crippen LogP contribution is -2.50. The molecular weight excluding hydrogens is 384 g/mol. The van der Waals surface area contributed by atoms with Crippen LogP contribution in [0.4, 0.5) is 0 Å². The number of benzene rings is 2. The molecule has 2 heterocycles. The third-order valence-electron chi connectivity index (χ3n) is 4.04. The van der Waals surface area contributed by atoms with E-state index >= 15 is 0 Å². The van der Waals surface area contributed by atoms with E-state index in [-0.39, 0.29) is 12.3 Å². The maximum Gasteiger partial charge on any atom is 0.287 e. The first-order valence-corrected chi connectivity index (χ1v) is 8.78. The molecule has 0 saturated heterocycles. The van der Waals surface area contributed by atoms with Crippen molar-refractivity contribution < 1.29 is 19.1 Å². The molecule has 0 saturated carbocycles. The maximum absolute atomic E-state index is 12.2. The van der Waals surface area contributed by atoms with Crippen LogP contribution in [0.3, 0.4) is 0 Å². The molecular formula is C19H15ClN4O4. The zero-order valence-electron chi connectivity index (χ0n) is 14.4. The van der Waals surface area contributed by atoms with E-state index in [9.17, 15) is 9.59 Å². The fourth-order valence-electron chi connectivity index (χ4n) is 2.65. The molecule has 3 aromatic rings. The van der Waals surface area contributed by atoms with E-state index in [2.05, 4.69) is 21.0 Å². The van der Waals surface area contributed by atoms with E-state index in [0.717, 1.165) is 5.56 Å². The smallest absolute Gasteiger partial charge is 0.287 e. The van der Waals surface area contributed by atoms with Gasteiger partial charge in [0, 0.05) is 10.6 Å². The molecule has 2 amide bonds. The highest BCUT2D eigenvalue weighted by atomic mass is 35.5. The number of hydrazine groups is 1. The molecule has 2 aromatic carbocycles. The Balaban J connectivity index is 1.35. The fraction of sp³-hybridized carbons (Fsp3) is 0.105. The minimum Gasteiger partial charge on any atom is -0.485 e. The van der Waals surface area contributed by atoms with Crippen LogP contribution in [-0.4, -0.2) is 34.7 Å². The zero-order valence-corrected chi connectivity index (χ0v) is 15.2. The molecule has 0 spiro atoms. The third-order valence-corrected chi connectivity index (χ3v) is 4.28. The van der Waals surface area contributed by atoms with Crippen LogP contribution in [0.2, 0.25) is 5.02 Å². The van der Waals surface area contributed by atoms with Gasteiger partial charge in [-0.3, -0.25) is 25.5 Å². The van der Waals surface area contributed by atoms with E-state index in [1.54, 1.807) is 42.5 Å². The van der Waals surface area contributed by atoms with Gasteiger partial charge in [-0.2, -0.15) is 5.10 Å². The largest absolute Gasteiger partial charge is 0.485 e. The first-order valence-electron chi connectivity index (χ1n) is 8.40. The number of ether oxygens (including phenoxy) is 2. The first-order chi connectivity index (χ1) is 13.6. The zero-order chi connectivity index (χ0) is 19.5. The Labute approximate surface area is 164 Å². The van der Waals surface area contributed by atoms with Crippen molar-refractivity contribution in [3.05, 3.63) is 65.3 Å². The fourth-order valence-corrected chi connectivity index (χ4v) is 2.84. The van der Waals surface area contributed by atoms with Gasteiger partial charge in [0.1, 0.15) is 12.3 Å². The molecule has 142 valence electrons. The Morgan fingerprint density at radius 2 is 1.89 bits per heavy atom. The molecule has 1 aliphatic rings. The highest BCUT2D eigenvalue weighted by Crippen LogP contribution is 2.30. The van der Waals surface area contributed by atoms with Gasteiger partial charge in [0.25, 0.3) is 11.8 Å². The molecule has 0 fully saturated rings. The summed E-state index contributed by atoms with van der Waals surface area (Å²) in [6.45, 7) is 0.0433. The summed E-state index contributed by atoms with van der Waals surface area (Å²) in [4.78, 5) is 24.5. The highest BCUT2D eigenvalue weighted by Gasteiger charge is 2.27. The summed E-state index contributed by atoms with van der Waals surface area (Å²) in [5, 5.41) is 7.28. The van der Waals surface area contributed by atoms with E-state index in [1.807, 2.05) is 12.1 Å². The summed E-state index contributed by atoms with van der Waals surface area (Å²) < 4.78 is 11.1. The number of carbonyl (C=O) groups excluding carboxylic acids is 2. The Kier molecular flexibility index (Phi) is 4.86. The number of para-hydroxylation sites is 2. The molecule has 0 bridgehead atoms. The van der Waals surface area contributed by atoms with Crippen LogP contribution in [0.25, 0.3) is 11.3 Å². The van der Waals surface area contributed by atoms with E-state index in [4.69, 9.17) is 21.1 Å². The molecule has 4 rings (SSSR count). The number of carbonyl (C=O) groups is 2. The molecule has 1 unspecified atom stereocenters. The lowest BCUT2D eigenvalue weighted by atomic mass is 10.1. The Morgan fingerprint density at radius 3 is 2.71 bits per heavy atom. The number of amides is 2. The molecule has 0 radical (unpaired) electrons. The predicted molar refractivity (Wildman–Crippen MR) is 101 cm³/mol. The number of rotatable bonds is 3. The lowest BCUT2D eigenvalue weighted by Gasteiger charge is -2.25. The van der Waals surface area contributed by atoms with Crippen LogP contribution in [-0.2, 0) is 4.79 Å². The number of aromatic nitrogens is 2. The summed E-state index contributed by atoms with van der Waals surface area (Å²) in [5.74, 6) is -0.0368. The van der Waals surface area contributed by atoms with Gasteiger partial charge in [-0.25, -0.2) is 0 Å². The topological polar surface area (TPSA) is 105 Å². The average molecular weight is 399 g/mol. The van der Waals surface area contributed by atoms with Crippen LogP contribution in [0.1, 0.15) is 10.5 Å². The summed E-state index contributed by atoms with van der Waals surface area (Å²) >= 11 is 5.97. The average Bonchev–Trinajstić information content (AvgIpc) is 3.22. The third kappa shape index (κ3) is 3.77. The van der Waals surface area contributed by atoms with Gasteiger partial charge in [-0.15, -0.1) is 0 Å². The quantitative estimate of drug-likeness (QED) is 0.587. The number of fused-ring (bicyclic) bond motifs is 1. The number of H-pyrrole nitrogens is 1. The van der Waals surface area contributed by atoms with Gasteiger partial charge in [0.2, 0.25) is 6.10 Å². The molecule has 9 heteroatoms. The molecule has 3 N–H and O–H groups in total. The Morgan fingerprint density at radius 1 is 1.07 bits per heavy atom. The normalized spacial score (nSPS) is 15.0. The van der Waals surface area contributed by atoms with Gasteiger partial charge in [0.05, 0.1) is 5.69 Å². The second-order valence-corrected chi connectivity index (χ2v) is 6.42. The summed E-state index contributed by atoms with van der Waals surface area (Å²) in [6, 6.07) is 15.7. The molecule has 1 atom stereocenters. The van der Waals surface area contributed by atoms with Crippen LogP contribution in [0.5, 0.6) is 11.5 Å². The SMILES string of the molecule is O=C(NNC(=O)C1COc2ccccc2O1)c1cc(-c2cccc(Cl)c2)n[nH]1. The maximum atomic E-state index is 12.2. The minimum absolute atomic E-state index is 0.0433. The number of hydrogen-bond donors (Lipinski definition) is 3. The van der Waals surface area contributed by atoms with Crippen molar-refractivity contribution in [2.45, 2.75) is 6.10 Å². The van der Waals surface area contributed by atoms with Crippen molar-refractivity contribution in [3.8, 4) is 22.8 Å². The van der Waals surface area contributed by atoms with Gasteiger partial charge < -0.3 is 9.47 Å². The molecule has 8 nitrogen and oxygen atoms in total. The summed E-state index contributed by atoms with van der Waals surface area (Å²) in [5.41, 5.74) is 6.15. The van der Waals surface area contributed by atoms with Crippen molar-refractivity contribution in [2.24, 2.45) is 0 Å². The second-order valence-electron chi connectivity index (χ2n) is 5.98. The monoisotopic (exact) mass is 398 g/mol.